The highest BCUT2D eigenvalue weighted by molar-refractivity contribution is 5.71. The van der Waals surface area contributed by atoms with Crippen LogP contribution in [0.1, 0.15) is 412 Å². The van der Waals surface area contributed by atoms with Crippen LogP contribution in [0.15, 0.2) is 36.5 Å². The van der Waals surface area contributed by atoms with Crippen LogP contribution in [-0.2, 0) is 28.6 Å². The van der Waals surface area contributed by atoms with E-state index in [0.29, 0.717) is 19.3 Å². The van der Waals surface area contributed by atoms with Gasteiger partial charge in [-0.05, 0) is 57.8 Å². The van der Waals surface area contributed by atoms with Crippen molar-refractivity contribution in [3.05, 3.63) is 36.5 Å². The Morgan fingerprint density at radius 3 is 0.683 bits per heavy atom. The number of hydrogen-bond acceptors (Lipinski definition) is 6. The third-order valence-corrected chi connectivity index (χ3v) is 16.9. The van der Waals surface area contributed by atoms with Gasteiger partial charge in [-0.2, -0.15) is 0 Å². The molecule has 0 aromatic carbocycles. The summed E-state index contributed by atoms with van der Waals surface area (Å²) in [6, 6.07) is 0. The van der Waals surface area contributed by atoms with Gasteiger partial charge in [0.05, 0.1) is 0 Å². The highest BCUT2D eigenvalue weighted by atomic mass is 16.6. The zero-order valence-corrected chi connectivity index (χ0v) is 55.5. The minimum absolute atomic E-state index is 0.0667. The minimum atomic E-state index is -0.770. The number of carbonyl (C=O) groups excluding carboxylic acids is 3. The number of unbranched alkanes of at least 4 members (excludes halogenated alkanes) is 52. The molecule has 0 heterocycles. The molecule has 0 N–H and O–H groups in total. The Morgan fingerprint density at radius 2 is 0.439 bits per heavy atom. The molecule has 0 saturated heterocycles. The van der Waals surface area contributed by atoms with Crippen molar-refractivity contribution in [3.63, 3.8) is 0 Å². The molecule has 0 aromatic rings. The standard InChI is InChI=1S/C76H142O6/c1-4-7-10-13-16-19-21-23-25-27-29-31-33-35-37-39-40-42-44-46-48-50-52-54-57-60-63-66-69-75(78)81-72-73(71-80-74(77)68-65-62-59-56-18-15-12-9-6-3)82-76(79)70-67-64-61-58-55-53-51-49-47-45-43-41-38-36-34-32-30-28-26-24-22-20-17-14-11-8-5-2/h22,24,28,30,34,36,73H,4-21,23,25-27,29,31-33,35,37-72H2,1-3H3/b24-22-,30-28-,36-34-. The molecule has 0 aliphatic rings. The second kappa shape index (κ2) is 71.1. The molecule has 482 valence electrons. The van der Waals surface area contributed by atoms with E-state index >= 15 is 0 Å². The zero-order valence-electron chi connectivity index (χ0n) is 55.5. The molecule has 0 rings (SSSR count). The maximum atomic E-state index is 12.9. The first-order chi connectivity index (χ1) is 40.5. The summed E-state index contributed by atoms with van der Waals surface area (Å²) in [5.41, 5.74) is 0. The summed E-state index contributed by atoms with van der Waals surface area (Å²) >= 11 is 0. The molecule has 0 aliphatic heterocycles. The van der Waals surface area contributed by atoms with Gasteiger partial charge in [0.1, 0.15) is 13.2 Å². The molecule has 0 aromatic heterocycles. The molecule has 1 atom stereocenters. The molecule has 1 unspecified atom stereocenters. The zero-order chi connectivity index (χ0) is 59.2. The topological polar surface area (TPSA) is 78.9 Å². The van der Waals surface area contributed by atoms with Gasteiger partial charge in [-0.15, -0.1) is 0 Å². The Morgan fingerprint density at radius 1 is 0.244 bits per heavy atom. The van der Waals surface area contributed by atoms with Gasteiger partial charge in [-0.3, -0.25) is 14.4 Å². The highest BCUT2D eigenvalue weighted by Gasteiger charge is 2.20. The number of allylic oxidation sites excluding steroid dienone is 6. The van der Waals surface area contributed by atoms with Crippen molar-refractivity contribution in [1.29, 1.82) is 0 Å². The lowest BCUT2D eigenvalue weighted by Gasteiger charge is -2.18. The molecule has 6 nitrogen and oxygen atoms in total. The SMILES string of the molecule is CCCCCCC/C=C\C/C=C\C/C=C\CCCCCCCCCCCCCCC(=O)OC(COC(=O)CCCCCCCCCCC)COC(=O)CCCCCCCCCCCCCCCCCCCCCCCCCCCCCC. The van der Waals surface area contributed by atoms with Gasteiger partial charge in [0.2, 0.25) is 0 Å². The number of rotatable bonds is 69. The normalized spacial score (nSPS) is 12.2. The van der Waals surface area contributed by atoms with Gasteiger partial charge in [0.25, 0.3) is 0 Å². The molecule has 0 amide bonds. The van der Waals surface area contributed by atoms with Crippen molar-refractivity contribution in [3.8, 4) is 0 Å². The van der Waals surface area contributed by atoms with Gasteiger partial charge in [0.15, 0.2) is 6.10 Å². The largest absolute Gasteiger partial charge is 0.462 e. The quantitative estimate of drug-likeness (QED) is 0.0261. The van der Waals surface area contributed by atoms with Crippen LogP contribution >= 0.6 is 0 Å². The summed E-state index contributed by atoms with van der Waals surface area (Å²) in [5.74, 6) is -0.842. The first-order valence-electron chi connectivity index (χ1n) is 37.0. The summed E-state index contributed by atoms with van der Waals surface area (Å²) in [6.07, 6.45) is 89.2. The summed E-state index contributed by atoms with van der Waals surface area (Å²) in [4.78, 5) is 38.3. The van der Waals surface area contributed by atoms with E-state index in [2.05, 4.69) is 57.2 Å². The molecule has 82 heavy (non-hydrogen) atoms. The Balaban J connectivity index is 4.09. The molecule has 0 aliphatic carbocycles. The number of ether oxygens (including phenoxy) is 3. The van der Waals surface area contributed by atoms with E-state index < -0.39 is 6.10 Å². The fourth-order valence-corrected chi connectivity index (χ4v) is 11.3. The Hall–Kier alpha value is -2.37. The highest BCUT2D eigenvalue weighted by Crippen LogP contribution is 2.19. The van der Waals surface area contributed by atoms with Crippen LogP contribution in [0.25, 0.3) is 0 Å². The van der Waals surface area contributed by atoms with Gasteiger partial charge >= 0.3 is 17.9 Å². The van der Waals surface area contributed by atoms with Crippen molar-refractivity contribution in [2.45, 2.75) is 419 Å². The maximum absolute atomic E-state index is 12.9. The average Bonchev–Trinajstić information content (AvgIpc) is 3.48. The first kappa shape index (κ1) is 79.6. The van der Waals surface area contributed by atoms with E-state index in [1.165, 1.54) is 302 Å². The predicted octanol–water partition coefficient (Wildman–Crippen LogP) is 25.5. The summed E-state index contributed by atoms with van der Waals surface area (Å²) in [6.45, 7) is 6.68. The van der Waals surface area contributed by atoms with Crippen LogP contribution in [0.5, 0.6) is 0 Å². The van der Waals surface area contributed by atoms with Gasteiger partial charge in [-0.25, -0.2) is 0 Å². The number of carbonyl (C=O) groups is 3. The summed E-state index contributed by atoms with van der Waals surface area (Å²) < 4.78 is 17.0. The second-order valence-electron chi connectivity index (χ2n) is 25.2. The van der Waals surface area contributed by atoms with Crippen LogP contribution in [0, 0.1) is 0 Å². The van der Waals surface area contributed by atoms with Crippen LogP contribution in [0.4, 0.5) is 0 Å². The Kier molecular flexibility index (Phi) is 69.1. The molecule has 0 saturated carbocycles. The Bertz CT molecular complexity index is 1370. The smallest absolute Gasteiger partial charge is 0.306 e. The lowest BCUT2D eigenvalue weighted by atomic mass is 10.0. The van der Waals surface area contributed by atoms with E-state index in [0.717, 1.165) is 70.6 Å². The number of esters is 3. The van der Waals surface area contributed by atoms with Crippen molar-refractivity contribution in [2.75, 3.05) is 13.2 Å². The van der Waals surface area contributed by atoms with Crippen LogP contribution in [-0.4, -0.2) is 37.2 Å². The molecule has 0 radical (unpaired) electrons. The summed E-state index contributed by atoms with van der Waals surface area (Å²) in [7, 11) is 0. The lowest BCUT2D eigenvalue weighted by molar-refractivity contribution is -0.167. The van der Waals surface area contributed by atoms with Gasteiger partial charge < -0.3 is 14.2 Å². The van der Waals surface area contributed by atoms with Crippen molar-refractivity contribution < 1.29 is 28.6 Å². The fourth-order valence-electron chi connectivity index (χ4n) is 11.3. The maximum Gasteiger partial charge on any atom is 0.306 e. The second-order valence-corrected chi connectivity index (χ2v) is 25.2. The summed E-state index contributed by atoms with van der Waals surface area (Å²) in [5, 5.41) is 0. The van der Waals surface area contributed by atoms with E-state index in [1.807, 2.05) is 0 Å². The van der Waals surface area contributed by atoms with E-state index in [4.69, 9.17) is 14.2 Å². The third kappa shape index (κ3) is 68.4. The Labute approximate surface area is 512 Å². The lowest BCUT2D eigenvalue weighted by Crippen LogP contribution is -2.30. The molecular weight excluding hydrogens is 1010 g/mol. The molecule has 0 bridgehead atoms. The molecule has 0 fully saturated rings. The monoisotopic (exact) mass is 1150 g/mol. The fraction of sp³-hybridized carbons (Fsp3) is 0.882. The minimum Gasteiger partial charge on any atom is -0.462 e. The van der Waals surface area contributed by atoms with Crippen molar-refractivity contribution >= 4 is 17.9 Å². The molecular formula is C76H142O6. The predicted molar refractivity (Wildman–Crippen MR) is 358 cm³/mol. The molecule has 0 spiro atoms. The van der Waals surface area contributed by atoms with Crippen LogP contribution in [0.2, 0.25) is 0 Å². The van der Waals surface area contributed by atoms with E-state index in [1.54, 1.807) is 0 Å². The first-order valence-corrected chi connectivity index (χ1v) is 37.0. The van der Waals surface area contributed by atoms with Crippen molar-refractivity contribution in [1.82, 2.24) is 0 Å². The van der Waals surface area contributed by atoms with Gasteiger partial charge in [0, 0.05) is 19.3 Å². The van der Waals surface area contributed by atoms with Crippen LogP contribution in [0.3, 0.4) is 0 Å². The molecule has 6 heteroatoms. The van der Waals surface area contributed by atoms with Crippen molar-refractivity contribution in [2.24, 2.45) is 0 Å². The average molecular weight is 1150 g/mol. The third-order valence-electron chi connectivity index (χ3n) is 16.9. The van der Waals surface area contributed by atoms with Gasteiger partial charge in [-0.1, -0.05) is 372 Å². The number of hydrogen-bond donors (Lipinski definition) is 0. The van der Waals surface area contributed by atoms with E-state index in [9.17, 15) is 14.4 Å². The van der Waals surface area contributed by atoms with Crippen LogP contribution < -0.4 is 0 Å². The van der Waals surface area contributed by atoms with E-state index in [-0.39, 0.29) is 31.1 Å².